The van der Waals surface area contributed by atoms with E-state index < -0.39 is 10.0 Å². The van der Waals surface area contributed by atoms with Crippen LogP contribution in [-0.2, 0) is 10.0 Å². The standard InChI is InChI=1S/C16H19N5O2S/c22-24(23,11-1-2-11)21-7-4-10(5-8-21)14-15-13(9-18-20-15)12-3-6-17-16(12)19-14/h3,6,9-11,18,20H,1-2,4-5,7-8H2. The molecule has 0 aromatic carbocycles. The second kappa shape index (κ2) is 5.03. The molecule has 4 heterocycles. The minimum atomic E-state index is -3.07. The summed E-state index contributed by atoms with van der Waals surface area (Å²) in [5.41, 5.74) is 2.78. The molecule has 0 unspecified atom stereocenters. The molecule has 2 aliphatic rings. The molecule has 0 radical (unpaired) electrons. The number of hydrogen-bond donors (Lipinski definition) is 2. The Labute approximate surface area is 139 Å². The Morgan fingerprint density at radius 3 is 2.67 bits per heavy atom. The first kappa shape index (κ1) is 14.4. The molecule has 0 amide bonds. The lowest BCUT2D eigenvalue weighted by Crippen LogP contribution is -2.39. The predicted molar refractivity (Wildman–Crippen MR) is 91.2 cm³/mol. The summed E-state index contributed by atoms with van der Waals surface area (Å²) in [7, 11) is -3.07. The summed E-state index contributed by atoms with van der Waals surface area (Å²) >= 11 is 0. The van der Waals surface area contributed by atoms with Crippen molar-refractivity contribution in [1.82, 2.24) is 24.5 Å². The van der Waals surface area contributed by atoms with Crippen molar-refractivity contribution < 1.29 is 8.42 Å². The van der Waals surface area contributed by atoms with E-state index in [-0.39, 0.29) is 11.2 Å². The average Bonchev–Trinajstić information content (AvgIpc) is 3.16. The smallest absolute Gasteiger partial charge is 0.216 e. The number of hydrogen-bond acceptors (Lipinski definition) is 4. The topological polar surface area (TPSA) is 94.7 Å². The molecule has 1 saturated carbocycles. The summed E-state index contributed by atoms with van der Waals surface area (Å²) in [6, 6.07) is 1.97. The van der Waals surface area contributed by atoms with Gasteiger partial charge in [-0.05, 0) is 31.7 Å². The van der Waals surface area contributed by atoms with Gasteiger partial charge in [-0.1, -0.05) is 0 Å². The van der Waals surface area contributed by atoms with Crippen LogP contribution in [0.5, 0.6) is 0 Å². The maximum Gasteiger partial charge on any atom is 0.216 e. The number of aromatic nitrogens is 4. The van der Waals surface area contributed by atoms with Crippen LogP contribution in [0.15, 0.2) is 18.5 Å². The number of piperidine rings is 1. The van der Waals surface area contributed by atoms with E-state index in [1.165, 1.54) is 0 Å². The van der Waals surface area contributed by atoms with E-state index in [1.807, 2.05) is 12.3 Å². The largest absolute Gasteiger partial charge is 0.307 e. The first-order chi connectivity index (χ1) is 11.6. The highest BCUT2D eigenvalue weighted by atomic mass is 32.2. The highest BCUT2D eigenvalue weighted by Gasteiger charge is 2.41. The van der Waals surface area contributed by atoms with Gasteiger partial charge in [-0.25, -0.2) is 22.7 Å². The van der Waals surface area contributed by atoms with Crippen molar-refractivity contribution in [3.63, 3.8) is 0 Å². The van der Waals surface area contributed by atoms with E-state index >= 15 is 0 Å². The van der Waals surface area contributed by atoms with Crippen LogP contribution in [0.2, 0.25) is 0 Å². The summed E-state index contributed by atoms with van der Waals surface area (Å²) in [5.74, 6) is 0.256. The predicted octanol–water partition coefficient (Wildman–Crippen LogP) is 2.11. The number of sulfonamides is 1. The van der Waals surface area contributed by atoms with Crippen molar-refractivity contribution in [2.24, 2.45) is 0 Å². The van der Waals surface area contributed by atoms with Crippen LogP contribution < -0.4 is 0 Å². The highest BCUT2D eigenvalue weighted by molar-refractivity contribution is 7.90. The maximum absolute atomic E-state index is 12.4. The van der Waals surface area contributed by atoms with Gasteiger partial charge in [-0.2, -0.15) is 0 Å². The van der Waals surface area contributed by atoms with Crippen molar-refractivity contribution in [1.29, 1.82) is 0 Å². The Morgan fingerprint density at radius 2 is 1.92 bits per heavy atom. The number of pyridine rings is 1. The van der Waals surface area contributed by atoms with Gasteiger partial charge in [0.25, 0.3) is 0 Å². The zero-order valence-electron chi connectivity index (χ0n) is 13.2. The summed E-state index contributed by atoms with van der Waals surface area (Å²) in [5, 5.41) is 8.26. The Morgan fingerprint density at radius 1 is 1.12 bits per heavy atom. The fourth-order valence-electron chi connectivity index (χ4n) is 3.79. The first-order valence-electron chi connectivity index (χ1n) is 8.43. The minimum Gasteiger partial charge on any atom is -0.307 e. The van der Waals surface area contributed by atoms with Crippen molar-refractivity contribution >= 4 is 32.0 Å². The number of H-pyrrole nitrogens is 2. The summed E-state index contributed by atoms with van der Waals surface area (Å²) in [6.07, 6.45) is 6.97. The van der Waals surface area contributed by atoms with Gasteiger partial charge in [0, 0.05) is 42.2 Å². The van der Waals surface area contributed by atoms with Gasteiger partial charge in [-0.3, -0.25) is 5.10 Å². The average molecular weight is 345 g/mol. The van der Waals surface area contributed by atoms with Gasteiger partial charge in [0.1, 0.15) is 0 Å². The van der Waals surface area contributed by atoms with Crippen molar-refractivity contribution in [3.05, 3.63) is 24.2 Å². The molecule has 5 rings (SSSR count). The Kier molecular flexibility index (Phi) is 3.02. The van der Waals surface area contributed by atoms with E-state index in [2.05, 4.69) is 15.2 Å². The van der Waals surface area contributed by atoms with Gasteiger partial charge in [-0.15, -0.1) is 0 Å². The van der Waals surface area contributed by atoms with Crippen LogP contribution in [0, 0.1) is 0 Å². The number of fused-ring (bicyclic) bond motifs is 3. The van der Waals surface area contributed by atoms with E-state index in [9.17, 15) is 8.42 Å². The lowest BCUT2D eigenvalue weighted by atomic mass is 9.92. The molecule has 8 heteroatoms. The van der Waals surface area contributed by atoms with Crippen LogP contribution in [0.4, 0.5) is 0 Å². The zero-order chi connectivity index (χ0) is 16.3. The summed E-state index contributed by atoms with van der Waals surface area (Å²) in [4.78, 5) is 9.11. The van der Waals surface area contributed by atoms with Crippen LogP contribution >= 0.6 is 0 Å². The lowest BCUT2D eigenvalue weighted by Gasteiger charge is -2.31. The third kappa shape index (κ3) is 2.09. The van der Waals surface area contributed by atoms with Gasteiger partial charge < -0.3 is 5.10 Å². The van der Waals surface area contributed by atoms with Crippen LogP contribution in [0.3, 0.4) is 0 Å². The Hall–Kier alpha value is -1.93. The van der Waals surface area contributed by atoms with Gasteiger partial charge in [0.2, 0.25) is 10.0 Å². The van der Waals surface area contributed by atoms with Gasteiger partial charge >= 0.3 is 0 Å². The molecule has 3 aromatic heterocycles. The van der Waals surface area contributed by atoms with Gasteiger partial charge in [0.05, 0.1) is 16.5 Å². The molecule has 3 aromatic rings. The number of nitrogens with one attached hydrogen (secondary N) is 2. The molecule has 24 heavy (non-hydrogen) atoms. The molecular formula is C16H19N5O2S. The van der Waals surface area contributed by atoms with Crippen LogP contribution in [0.1, 0.15) is 37.3 Å². The second-order valence-electron chi connectivity index (χ2n) is 6.80. The molecule has 2 N–H and O–H groups in total. The van der Waals surface area contributed by atoms with Crippen molar-refractivity contribution in [2.45, 2.75) is 36.9 Å². The molecule has 1 aliphatic carbocycles. The van der Waals surface area contributed by atoms with Crippen molar-refractivity contribution in [3.8, 4) is 0 Å². The van der Waals surface area contributed by atoms with E-state index in [0.717, 1.165) is 53.3 Å². The fraction of sp³-hybridized carbons (Fsp3) is 0.500. The SMILES string of the molecule is O=S(=O)(C1CC1)N1CCC(c2nc3nccc3c3c[nH][nH]c23)CC1. The molecule has 0 spiro atoms. The molecule has 0 bridgehead atoms. The molecule has 126 valence electrons. The van der Waals surface area contributed by atoms with E-state index in [4.69, 9.17) is 4.98 Å². The zero-order valence-corrected chi connectivity index (χ0v) is 14.0. The number of rotatable bonds is 3. The van der Waals surface area contributed by atoms with Crippen LogP contribution in [-0.4, -0.2) is 51.2 Å². The molecular weight excluding hydrogens is 326 g/mol. The van der Waals surface area contributed by atoms with E-state index in [0.29, 0.717) is 13.1 Å². The van der Waals surface area contributed by atoms with Gasteiger partial charge in [0.15, 0.2) is 5.65 Å². The number of aromatic amines is 2. The second-order valence-corrected chi connectivity index (χ2v) is 9.01. The molecule has 1 saturated heterocycles. The summed E-state index contributed by atoms with van der Waals surface area (Å²) in [6.45, 7) is 1.17. The lowest BCUT2D eigenvalue weighted by molar-refractivity contribution is 0.317. The minimum absolute atomic E-state index is 0.123. The first-order valence-corrected chi connectivity index (χ1v) is 9.94. The fourth-order valence-corrected chi connectivity index (χ4v) is 5.66. The van der Waals surface area contributed by atoms with Crippen LogP contribution in [0.25, 0.3) is 21.9 Å². The summed E-state index contributed by atoms with van der Waals surface area (Å²) < 4.78 is 26.5. The molecule has 1 aliphatic heterocycles. The quantitative estimate of drug-likeness (QED) is 0.760. The normalized spacial score (nSPS) is 21.0. The third-order valence-corrected chi connectivity index (χ3v) is 7.68. The van der Waals surface area contributed by atoms with Crippen molar-refractivity contribution in [2.75, 3.05) is 13.1 Å². The Bertz CT molecular complexity index is 1010. The molecule has 2 fully saturated rings. The highest BCUT2D eigenvalue weighted by Crippen LogP contribution is 2.37. The monoisotopic (exact) mass is 345 g/mol. The number of nitrogens with zero attached hydrogens (tertiary/aromatic N) is 3. The van der Waals surface area contributed by atoms with E-state index in [1.54, 1.807) is 10.5 Å². The Balaban J connectivity index is 1.47. The maximum atomic E-state index is 12.4. The molecule has 7 nitrogen and oxygen atoms in total. The molecule has 0 atom stereocenters. The third-order valence-electron chi connectivity index (χ3n) is 5.28.